The third-order valence-corrected chi connectivity index (χ3v) is 5.81. The van der Waals surface area contributed by atoms with Crippen molar-refractivity contribution in [1.82, 2.24) is 5.32 Å². The molecule has 1 heterocycles. The molecule has 0 radical (unpaired) electrons. The van der Waals surface area contributed by atoms with E-state index in [2.05, 4.69) is 5.32 Å². The Morgan fingerprint density at radius 3 is 2.78 bits per heavy atom. The third-order valence-electron chi connectivity index (χ3n) is 4.30. The standard InChI is InChI=1S/C19H21ClN2O4S/c1-13-10-15-11-14(6-7-18(15)22(13)27(2,24)25)19(23)21-8-9-26-17-5-3-4-16(20)12-17/h3-7,11-13H,8-10H2,1-2H3,(H,21,23). The second-order valence-electron chi connectivity index (χ2n) is 6.52. The molecule has 2 aromatic rings. The Bertz CT molecular complexity index is 962. The molecule has 1 aliphatic rings. The zero-order valence-electron chi connectivity index (χ0n) is 15.1. The molecule has 1 aliphatic heterocycles. The number of fused-ring (bicyclic) bond motifs is 1. The molecule has 8 heteroatoms. The maximum Gasteiger partial charge on any atom is 0.251 e. The molecule has 144 valence electrons. The van der Waals surface area contributed by atoms with E-state index < -0.39 is 10.0 Å². The van der Waals surface area contributed by atoms with E-state index in [9.17, 15) is 13.2 Å². The average Bonchev–Trinajstić information content (AvgIpc) is 2.93. The number of hydrogen-bond acceptors (Lipinski definition) is 4. The summed E-state index contributed by atoms with van der Waals surface area (Å²) >= 11 is 5.89. The van der Waals surface area contributed by atoms with Gasteiger partial charge in [-0.3, -0.25) is 9.10 Å². The molecule has 2 aromatic carbocycles. The number of anilines is 1. The summed E-state index contributed by atoms with van der Waals surface area (Å²) in [5.41, 5.74) is 2.00. The molecule has 1 amide bonds. The van der Waals surface area contributed by atoms with Gasteiger partial charge in [-0.1, -0.05) is 17.7 Å². The van der Waals surface area contributed by atoms with Crippen LogP contribution >= 0.6 is 11.6 Å². The van der Waals surface area contributed by atoms with Crippen LogP contribution in [0.2, 0.25) is 5.02 Å². The van der Waals surface area contributed by atoms with Crippen molar-refractivity contribution >= 4 is 33.2 Å². The van der Waals surface area contributed by atoms with Crippen LogP contribution in [0.1, 0.15) is 22.8 Å². The van der Waals surface area contributed by atoms with Gasteiger partial charge in [-0.15, -0.1) is 0 Å². The molecule has 0 saturated heterocycles. The van der Waals surface area contributed by atoms with Gasteiger partial charge in [-0.2, -0.15) is 0 Å². The number of amides is 1. The van der Waals surface area contributed by atoms with Crippen molar-refractivity contribution in [2.24, 2.45) is 0 Å². The quantitative estimate of drug-likeness (QED) is 0.746. The van der Waals surface area contributed by atoms with Crippen molar-refractivity contribution < 1.29 is 17.9 Å². The van der Waals surface area contributed by atoms with Crippen LogP contribution in [0.15, 0.2) is 42.5 Å². The summed E-state index contributed by atoms with van der Waals surface area (Å²) in [6.45, 7) is 2.51. The summed E-state index contributed by atoms with van der Waals surface area (Å²) in [5.74, 6) is 0.419. The van der Waals surface area contributed by atoms with Gasteiger partial charge in [0.15, 0.2) is 0 Å². The van der Waals surface area contributed by atoms with Gasteiger partial charge < -0.3 is 10.1 Å². The lowest BCUT2D eigenvalue weighted by Crippen LogP contribution is -2.34. The van der Waals surface area contributed by atoms with E-state index in [4.69, 9.17) is 16.3 Å². The van der Waals surface area contributed by atoms with Crippen molar-refractivity contribution in [1.29, 1.82) is 0 Å². The van der Waals surface area contributed by atoms with E-state index in [1.165, 1.54) is 10.6 Å². The highest BCUT2D eigenvalue weighted by Gasteiger charge is 2.32. The molecule has 0 aliphatic carbocycles. The normalized spacial score (nSPS) is 16.1. The first-order chi connectivity index (χ1) is 12.8. The molecule has 0 saturated carbocycles. The first-order valence-corrected chi connectivity index (χ1v) is 10.8. The third kappa shape index (κ3) is 4.54. The predicted molar refractivity (Wildman–Crippen MR) is 106 cm³/mol. The SMILES string of the molecule is CC1Cc2cc(C(=O)NCCOc3cccc(Cl)c3)ccc2N1S(C)(=O)=O. The lowest BCUT2D eigenvalue weighted by atomic mass is 10.1. The molecule has 1 N–H and O–H groups in total. The van der Waals surface area contributed by atoms with E-state index in [1.54, 1.807) is 42.5 Å². The molecule has 27 heavy (non-hydrogen) atoms. The van der Waals surface area contributed by atoms with Gasteiger partial charge in [0.25, 0.3) is 5.91 Å². The fraction of sp³-hybridized carbons (Fsp3) is 0.316. The first kappa shape index (κ1) is 19.5. The molecular formula is C19H21ClN2O4S. The van der Waals surface area contributed by atoms with Crippen LogP contribution in [0.3, 0.4) is 0 Å². The van der Waals surface area contributed by atoms with Crippen LogP contribution in [0.5, 0.6) is 5.75 Å². The predicted octanol–water partition coefficient (Wildman–Crippen LogP) is 2.86. The van der Waals surface area contributed by atoms with Crippen LogP contribution < -0.4 is 14.4 Å². The Morgan fingerprint density at radius 1 is 1.30 bits per heavy atom. The van der Waals surface area contributed by atoms with Crippen molar-refractivity contribution in [3.63, 3.8) is 0 Å². The molecule has 0 bridgehead atoms. The molecule has 0 fully saturated rings. The highest BCUT2D eigenvalue weighted by molar-refractivity contribution is 7.92. The summed E-state index contributed by atoms with van der Waals surface area (Å²) in [7, 11) is -3.34. The van der Waals surface area contributed by atoms with Crippen LogP contribution in [-0.4, -0.2) is 39.8 Å². The zero-order valence-corrected chi connectivity index (χ0v) is 16.7. The molecule has 1 unspecified atom stereocenters. The van der Waals surface area contributed by atoms with Crippen LogP contribution in [0.25, 0.3) is 0 Å². The Labute approximate surface area is 164 Å². The number of nitrogens with zero attached hydrogens (tertiary/aromatic N) is 1. The van der Waals surface area contributed by atoms with Gasteiger partial charge in [0.1, 0.15) is 12.4 Å². The van der Waals surface area contributed by atoms with Crippen LogP contribution in [0.4, 0.5) is 5.69 Å². The summed E-state index contributed by atoms with van der Waals surface area (Å²) in [6.07, 6.45) is 1.78. The number of hydrogen-bond donors (Lipinski definition) is 1. The monoisotopic (exact) mass is 408 g/mol. The topological polar surface area (TPSA) is 75.7 Å². The first-order valence-electron chi connectivity index (χ1n) is 8.54. The minimum atomic E-state index is -3.34. The smallest absolute Gasteiger partial charge is 0.251 e. The number of sulfonamides is 1. The van der Waals surface area contributed by atoms with Crippen molar-refractivity contribution in [2.45, 2.75) is 19.4 Å². The van der Waals surface area contributed by atoms with Gasteiger partial charge in [0.05, 0.1) is 18.5 Å². The van der Waals surface area contributed by atoms with Gasteiger partial charge in [0, 0.05) is 16.6 Å². The van der Waals surface area contributed by atoms with Crippen molar-refractivity contribution in [2.75, 3.05) is 23.7 Å². The average molecular weight is 409 g/mol. The Balaban J connectivity index is 1.59. The zero-order chi connectivity index (χ0) is 19.6. The lowest BCUT2D eigenvalue weighted by molar-refractivity contribution is 0.0947. The number of nitrogens with one attached hydrogen (secondary N) is 1. The summed E-state index contributed by atoms with van der Waals surface area (Å²) in [5, 5.41) is 3.39. The van der Waals surface area contributed by atoms with Crippen LogP contribution in [-0.2, 0) is 16.4 Å². The number of halogens is 1. The van der Waals surface area contributed by atoms with E-state index >= 15 is 0 Å². The molecule has 1 atom stereocenters. The molecular weight excluding hydrogens is 388 g/mol. The van der Waals surface area contributed by atoms with Crippen molar-refractivity contribution in [3.05, 3.63) is 58.6 Å². The Hall–Kier alpha value is -2.25. The van der Waals surface area contributed by atoms with E-state index in [1.807, 2.05) is 6.92 Å². The second kappa shape index (κ2) is 7.78. The number of carbonyl (C=O) groups excluding carboxylic acids is 1. The van der Waals surface area contributed by atoms with E-state index in [0.29, 0.717) is 41.6 Å². The van der Waals surface area contributed by atoms with Gasteiger partial charge in [-0.25, -0.2) is 8.42 Å². The van der Waals surface area contributed by atoms with Crippen molar-refractivity contribution in [3.8, 4) is 5.75 Å². The molecule has 0 aromatic heterocycles. The summed E-state index contributed by atoms with van der Waals surface area (Å²) in [6, 6.07) is 12.0. The summed E-state index contributed by atoms with van der Waals surface area (Å²) < 4.78 is 30.9. The Kier molecular flexibility index (Phi) is 5.62. The number of benzene rings is 2. The maximum absolute atomic E-state index is 12.4. The van der Waals surface area contributed by atoms with Gasteiger partial charge in [0.2, 0.25) is 10.0 Å². The van der Waals surface area contributed by atoms with Gasteiger partial charge in [-0.05, 0) is 55.3 Å². The number of rotatable bonds is 6. The highest BCUT2D eigenvalue weighted by atomic mass is 35.5. The lowest BCUT2D eigenvalue weighted by Gasteiger charge is -2.21. The van der Waals surface area contributed by atoms with Crippen LogP contribution in [0, 0.1) is 0 Å². The Morgan fingerprint density at radius 2 is 2.07 bits per heavy atom. The maximum atomic E-state index is 12.4. The fourth-order valence-corrected chi connectivity index (χ4v) is 4.69. The van der Waals surface area contributed by atoms with E-state index in [-0.39, 0.29) is 11.9 Å². The number of carbonyl (C=O) groups is 1. The van der Waals surface area contributed by atoms with Gasteiger partial charge >= 0.3 is 0 Å². The fourth-order valence-electron chi connectivity index (χ4n) is 3.24. The highest BCUT2D eigenvalue weighted by Crippen LogP contribution is 2.34. The number of ether oxygens (including phenoxy) is 1. The second-order valence-corrected chi connectivity index (χ2v) is 8.81. The minimum Gasteiger partial charge on any atom is -0.492 e. The molecule has 0 spiro atoms. The largest absolute Gasteiger partial charge is 0.492 e. The molecule has 3 rings (SSSR count). The van der Waals surface area contributed by atoms with E-state index in [0.717, 1.165) is 5.56 Å². The molecule has 6 nitrogen and oxygen atoms in total. The minimum absolute atomic E-state index is 0.153. The summed E-state index contributed by atoms with van der Waals surface area (Å²) in [4.78, 5) is 12.4.